The molecule has 0 aromatic carbocycles. The third-order valence-electron chi connectivity index (χ3n) is 7.03. The lowest BCUT2D eigenvalue weighted by Gasteiger charge is -2.33. The highest BCUT2D eigenvalue weighted by Crippen LogP contribution is 2.29. The second-order valence-electron chi connectivity index (χ2n) is 12.3. The van der Waals surface area contributed by atoms with Crippen molar-refractivity contribution in [3.8, 4) is 0 Å². The minimum Gasteiger partial charge on any atom is -0.444 e. The Balaban J connectivity index is 2.84. The number of carbonyl (C=O) groups is 4. The Morgan fingerprint density at radius 2 is 1.59 bits per heavy atom. The molecule has 10 heteroatoms. The van der Waals surface area contributed by atoms with Gasteiger partial charge in [-0.3, -0.25) is 14.4 Å². The molecule has 1 rings (SSSR count). The Hall–Kier alpha value is -2.36. The van der Waals surface area contributed by atoms with E-state index in [-0.39, 0.29) is 24.8 Å². The highest BCUT2D eigenvalue weighted by Gasteiger charge is 2.32. The van der Waals surface area contributed by atoms with Gasteiger partial charge in [-0.2, -0.15) is 0 Å². The second kappa shape index (κ2) is 17.4. The number of unbranched alkanes of at least 4 members (excludes halogenated alkanes) is 1. The van der Waals surface area contributed by atoms with Gasteiger partial charge in [0.2, 0.25) is 17.7 Å². The molecule has 1 fully saturated rings. The number of rotatable bonds is 15. The summed E-state index contributed by atoms with van der Waals surface area (Å²) in [7, 11) is 0. The Morgan fingerprint density at radius 3 is 2.15 bits per heavy atom. The number of amides is 4. The van der Waals surface area contributed by atoms with Gasteiger partial charge in [0, 0.05) is 12.5 Å². The van der Waals surface area contributed by atoms with Gasteiger partial charge in [0.25, 0.3) is 0 Å². The fourth-order valence-electron chi connectivity index (χ4n) is 4.79. The Bertz CT molecular complexity index is 776. The van der Waals surface area contributed by atoms with Crippen LogP contribution in [0.25, 0.3) is 0 Å². The largest absolute Gasteiger partial charge is 0.444 e. The van der Waals surface area contributed by atoms with Gasteiger partial charge in [-0.05, 0) is 51.9 Å². The van der Waals surface area contributed by atoms with Crippen molar-refractivity contribution in [2.24, 2.45) is 17.8 Å². The lowest BCUT2D eigenvalue weighted by Crippen LogP contribution is -2.56. The predicted molar refractivity (Wildman–Crippen MR) is 152 cm³/mol. The molecule has 10 nitrogen and oxygen atoms in total. The standard InChI is InChI=1S/C29H54N4O6/c1-8-9-15-30-26(36)20(4)16-23(34)22(17-21-13-11-10-12-14-21)32-27(37)25(19(2)3)33-24(35)18-31-28(38)39-29(5,6)7/h19-23,25,34H,8-18H2,1-7H3,(H,30,36)(H,31,38)(H,32,37)(H,33,35)/t20-,22+,23+,25+/m1/s1. The SMILES string of the molecule is CCCCNC(=O)[C@H](C)C[C@H](O)[C@H](CC1CCCCC1)NC(=O)[C@@H](NC(=O)CNC(=O)OC(C)(C)C)C(C)C. The summed E-state index contributed by atoms with van der Waals surface area (Å²) in [4.78, 5) is 50.3. The van der Waals surface area contributed by atoms with Crippen LogP contribution in [0.1, 0.15) is 106 Å². The maximum Gasteiger partial charge on any atom is 0.408 e. The van der Waals surface area contributed by atoms with Crippen LogP contribution in [-0.2, 0) is 19.1 Å². The van der Waals surface area contributed by atoms with E-state index in [1.165, 1.54) is 6.42 Å². The summed E-state index contributed by atoms with van der Waals surface area (Å²) in [5.41, 5.74) is -0.692. The normalized spacial score (nSPS) is 17.5. The van der Waals surface area contributed by atoms with Crippen LogP contribution in [0.5, 0.6) is 0 Å². The van der Waals surface area contributed by atoms with Crippen molar-refractivity contribution in [2.45, 2.75) is 130 Å². The number of hydrogen-bond donors (Lipinski definition) is 5. The van der Waals surface area contributed by atoms with Crippen LogP contribution in [0, 0.1) is 17.8 Å². The van der Waals surface area contributed by atoms with E-state index < -0.39 is 47.6 Å². The van der Waals surface area contributed by atoms with Crippen molar-refractivity contribution >= 4 is 23.8 Å². The Morgan fingerprint density at radius 1 is 0.949 bits per heavy atom. The van der Waals surface area contributed by atoms with E-state index in [9.17, 15) is 24.3 Å². The first-order valence-electron chi connectivity index (χ1n) is 14.8. The van der Waals surface area contributed by atoms with Gasteiger partial charge >= 0.3 is 6.09 Å². The highest BCUT2D eigenvalue weighted by atomic mass is 16.6. The molecule has 0 spiro atoms. The maximum atomic E-state index is 13.4. The van der Waals surface area contributed by atoms with Crippen molar-refractivity contribution in [3.05, 3.63) is 0 Å². The molecule has 0 aromatic rings. The average molecular weight is 555 g/mol. The molecule has 0 unspecified atom stereocenters. The van der Waals surface area contributed by atoms with E-state index in [1.54, 1.807) is 27.7 Å². The third-order valence-corrected chi connectivity index (χ3v) is 7.03. The van der Waals surface area contributed by atoms with Crippen LogP contribution in [-0.4, -0.2) is 65.8 Å². The first-order valence-corrected chi connectivity index (χ1v) is 14.8. The summed E-state index contributed by atoms with van der Waals surface area (Å²) in [5, 5.41) is 22.2. The fourth-order valence-corrected chi connectivity index (χ4v) is 4.79. The van der Waals surface area contributed by atoms with E-state index in [0.717, 1.165) is 38.5 Å². The summed E-state index contributed by atoms with van der Waals surface area (Å²) in [6, 6.07) is -1.39. The molecule has 0 aliphatic heterocycles. The first kappa shape index (κ1) is 34.7. The van der Waals surface area contributed by atoms with Crippen molar-refractivity contribution in [2.75, 3.05) is 13.1 Å². The molecular weight excluding hydrogens is 500 g/mol. The topological polar surface area (TPSA) is 146 Å². The van der Waals surface area contributed by atoms with Gasteiger partial charge in [-0.15, -0.1) is 0 Å². The average Bonchev–Trinajstić information content (AvgIpc) is 2.84. The van der Waals surface area contributed by atoms with Crippen LogP contribution in [0.15, 0.2) is 0 Å². The van der Waals surface area contributed by atoms with Crippen LogP contribution in [0.2, 0.25) is 0 Å². The molecule has 4 amide bonds. The van der Waals surface area contributed by atoms with Gasteiger partial charge in [0.05, 0.1) is 12.1 Å². The number of ether oxygens (including phenoxy) is 1. The zero-order valence-electron chi connectivity index (χ0n) is 25.2. The van der Waals surface area contributed by atoms with Crippen molar-refractivity contribution < 1.29 is 29.0 Å². The Labute approximate surface area is 235 Å². The lowest BCUT2D eigenvalue weighted by atomic mass is 9.82. The minimum absolute atomic E-state index is 0.102. The molecule has 4 atom stereocenters. The third kappa shape index (κ3) is 14.6. The fraction of sp³-hybridized carbons (Fsp3) is 0.862. The van der Waals surface area contributed by atoms with Crippen LogP contribution >= 0.6 is 0 Å². The van der Waals surface area contributed by atoms with E-state index in [4.69, 9.17) is 4.74 Å². The molecule has 226 valence electrons. The summed E-state index contributed by atoms with van der Waals surface area (Å²) in [6.07, 6.45) is 6.68. The molecule has 0 radical (unpaired) electrons. The number of hydrogen-bond acceptors (Lipinski definition) is 6. The van der Waals surface area contributed by atoms with E-state index in [1.807, 2.05) is 13.8 Å². The van der Waals surface area contributed by atoms with Gasteiger partial charge < -0.3 is 31.1 Å². The molecule has 1 aliphatic rings. The monoisotopic (exact) mass is 554 g/mol. The second-order valence-corrected chi connectivity index (χ2v) is 12.3. The smallest absolute Gasteiger partial charge is 0.408 e. The van der Waals surface area contributed by atoms with Crippen molar-refractivity contribution in [1.29, 1.82) is 0 Å². The summed E-state index contributed by atoms with van der Waals surface area (Å²) >= 11 is 0. The summed E-state index contributed by atoms with van der Waals surface area (Å²) in [6.45, 7) is 12.9. The summed E-state index contributed by atoms with van der Waals surface area (Å²) < 4.78 is 5.15. The molecule has 1 saturated carbocycles. The van der Waals surface area contributed by atoms with Crippen molar-refractivity contribution in [1.82, 2.24) is 21.3 Å². The maximum absolute atomic E-state index is 13.4. The molecule has 5 N–H and O–H groups in total. The first-order chi connectivity index (χ1) is 18.2. The minimum atomic E-state index is -0.903. The molecule has 0 aromatic heterocycles. The van der Waals surface area contributed by atoms with E-state index in [2.05, 4.69) is 28.2 Å². The molecule has 39 heavy (non-hydrogen) atoms. The van der Waals surface area contributed by atoms with Gasteiger partial charge in [0.15, 0.2) is 0 Å². The lowest BCUT2D eigenvalue weighted by molar-refractivity contribution is -0.131. The number of aliphatic hydroxyl groups excluding tert-OH is 1. The zero-order valence-corrected chi connectivity index (χ0v) is 25.2. The van der Waals surface area contributed by atoms with Crippen molar-refractivity contribution in [3.63, 3.8) is 0 Å². The zero-order chi connectivity index (χ0) is 29.6. The number of nitrogens with one attached hydrogen (secondary N) is 4. The molecule has 0 heterocycles. The van der Waals surface area contributed by atoms with E-state index in [0.29, 0.717) is 18.9 Å². The number of aliphatic hydroxyl groups is 1. The van der Waals surface area contributed by atoms with Gasteiger partial charge in [0.1, 0.15) is 18.2 Å². The van der Waals surface area contributed by atoms with Crippen LogP contribution in [0.4, 0.5) is 4.79 Å². The van der Waals surface area contributed by atoms with E-state index >= 15 is 0 Å². The molecular formula is C29H54N4O6. The van der Waals surface area contributed by atoms with Gasteiger partial charge in [-0.25, -0.2) is 4.79 Å². The predicted octanol–water partition coefficient (Wildman–Crippen LogP) is 3.41. The van der Waals surface area contributed by atoms with Crippen LogP contribution in [0.3, 0.4) is 0 Å². The number of alkyl carbamates (subject to hydrolysis) is 1. The number of carbonyl (C=O) groups excluding carboxylic acids is 4. The molecule has 1 aliphatic carbocycles. The summed E-state index contributed by atoms with van der Waals surface area (Å²) in [5.74, 6) is -1.26. The molecule has 0 saturated heterocycles. The highest BCUT2D eigenvalue weighted by molar-refractivity contribution is 5.89. The quantitative estimate of drug-likeness (QED) is 0.196. The molecule has 0 bridgehead atoms. The van der Waals surface area contributed by atoms with Crippen LogP contribution < -0.4 is 21.3 Å². The van der Waals surface area contributed by atoms with Gasteiger partial charge in [-0.1, -0.05) is 66.2 Å². The Kier molecular flexibility index (Phi) is 15.4.